The minimum absolute atomic E-state index is 0.111. The number of rotatable bonds is 10. The largest absolute Gasteiger partial charge is 0.465 e. The third-order valence-electron chi connectivity index (χ3n) is 2.82. The molecule has 0 radical (unpaired) electrons. The van der Waals surface area contributed by atoms with Crippen molar-refractivity contribution in [2.45, 2.75) is 34.1 Å². The second-order valence-electron chi connectivity index (χ2n) is 4.11. The quantitative estimate of drug-likeness (QED) is 0.547. The van der Waals surface area contributed by atoms with E-state index < -0.39 is 0 Å². The summed E-state index contributed by atoms with van der Waals surface area (Å²) < 4.78 is 4.98. The van der Waals surface area contributed by atoms with Crippen molar-refractivity contribution in [2.75, 3.05) is 45.9 Å². The van der Waals surface area contributed by atoms with E-state index in [2.05, 4.69) is 30.6 Å². The molecule has 0 unspecified atom stereocenters. The van der Waals surface area contributed by atoms with Crippen LogP contribution in [0.4, 0.5) is 0 Å². The highest BCUT2D eigenvalue weighted by atomic mass is 16.5. The van der Waals surface area contributed by atoms with Crippen molar-refractivity contribution in [3.05, 3.63) is 0 Å². The minimum Gasteiger partial charge on any atom is -0.465 e. The molecule has 0 bridgehead atoms. The van der Waals surface area contributed by atoms with Crippen molar-refractivity contribution in [3.8, 4) is 0 Å². The van der Waals surface area contributed by atoms with Gasteiger partial charge in [-0.2, -0.15) is 0 Å². The average molecular weight is 244 g/mol. The first-order valence-electron chi connectivity index (χ1n) is 6.78. The number of hydrogen-bond acceptors (Lipinski definition) is 4. The number of carbonyl (C=O) groups excluding carboxylic acids is 1. The summed E-state index contributed by atoms with van der Waals surface area (Å²) in [4.78, 5) is 16.0. The van der Waals surface area contributed by atoms with Gasteiger partial charge in [-0.1, -0.05) is 20.8 Å². The topological polar surface area (TPSA) is 32.8 Å². The first-order valence-corrected chi connectivity index (χ1v) is 6.78. The van der Waals surface area contributed by atoms with Gasteiger partial charge in [-0.05, 0) is 33.0 Å². The summed E-state index contributed by atoms with van der Waals surface area (Å²) in [6.07, 6.45) is 1.07. The normalized spacial score (nSPS) is 11.2. The lowest BCUT2D eigenvalue weighted by atomic mass is 10.3. The molecule has 0 spiro atoms. The molecule has 0 aromatic carbocycles. The standard InChI is InChI=1S/C13H28N2O2/c1-5-9-15(12-13(16)17-8-4)11-10-14(6-2)7-3/h5-12H2,1-4H3. The number of carbonyl (C=O) groups is 1. The van der Waals surface area contributed by atoms with E-state index in [0.29, 0.717) is 13.2 Å². The van der Waals surface area contributed by atoms with Crippen LogP contribution in [0.2, 0.25) is 0 Å². The van der Waals surface area contributed by atoms with Gasteiger partial charge in [0.2, 0.25) is 0 Å². The Morgan fingerprint density at radius 2 is 1.53 bits per heavy atom. The molecule has 0 aliphatic heterocycles. The molecule has 4 nitrogen and oxygen atoms in total. The monoisotopic (exact) mass is 244 g/mol. The summed E-state index contributed by atoms with van der Waals surface area (Å²) >= 11 is 0. The maximum Gasteiger partial charge on any atom is 0.320 e. The molecule has 0 rings (SSSR count). The minimum atomic E-state index is -0.111. The molecular formula is C13H28N2O2. The average Bonchev–Trinajstić information content (AvgIpc) is 2.30. The van der Waals surface area contributed by atoms with Gasteiger partial charge < -0.3 is 9.64 Å². The lowest BCUT2D eigenvalue weighted by Gasteiger charge is -2.25. The van der Waals surface area contributed by atoms with Gasteiger partial charge in [0.05, 0.1) is 13.2 Å². The molecule has 0 aliphatic rings. The van der Waals surface area contributed by atoms with Crippen LogP contribution in [0.3, 0.4) is 0 Å². The molecule has 0 aromatic rings. The zero-order valence-corrected chi connectivity index (χ0v) is 11.9. The van der Waals surface area contributed by atoms with Gasteiger partial charge in [0.1, 0.15) is 0 Å². The smallest absolute Gasteiger partial charge is 0.320 e. The maximum absolute atomic E-state index is 11.4. The van der Waals surface area contributed by atoms with Gasteiger partial charge >= 0.3 is 5.97 Å². The molecule has 0 aromatic heterocycles. The van der Waals surface area contributed by atoms with Crippen LogP contribution < -0.4 is 0 Å². The van der Waals surface area contributed by atoms with E-state index in [1.54, 1.807) is 0 Å². The summed E-state index contributed by atoms with van der Waals surface area (Å²) in [5.41, 5.74) is 0. The zero-order chi connectivity index (χ0) is 13.1. The SMILES string of the molecule is CCCN(CCN(CC)CC)CC(=O)OCC. The van der Waals surface area contributed by atoms with Crippen LogP contribution in [-0.2, 0) is 9.53 Å². The number of nitrogens with zero attached hydrogens (tertiary/aromatic N) is 2. The van der Waals surface area contributed by atoms with Crippen molar-refractivity contribution in [2.24, 2.45) is 0 Å². The molecule has 0 amide bonds. The molecule has 0 saturated heterocycles. The zero-order valence-electron chi connectivity index (χ0n) is 11.9. The molecule has 17 heavy (non-hydrogen) atoms. The number of esters is 1. The molecule has 102 valence electrons. The fraction of sp³-hybridized carbons (Fsp3) is 0.923. The molecule has 0 fully saturated rings. The fourth-order valence-corrected chi connectivity index (χ4v) is 1.80. The Bertz CT molecular complexity index is 194. The lowest BCUT2D eigenvalue weighted by molar-refractivity contribution is -0.144. The van der Waals surface area contributed by atoms with Crippen molar-refractivity contribution in [1.29, 1.82) is 0 Å². The van der Waals surface area contributed by atoms with Gasteiger partial charge in [0.15, 0.2) is 0 Å². The molecule has 0 N–H and O–H groups in total. The Morgan fingerprint density at radius 1 is 0.941 bits per heavy atom. The third-order valence-corrected chi connectivity index (χ3v) is 2.82. The fourth-order valence-electron chi connectivity index (χ4n) is 1.80. The molecule has 0 atom stereocenters. The van der Waals surface area contributed by atoms with Crippen LogP contribution >= 0.6 is 0 Å². The van der Waals surface area contributed by atoms with Crippen LogP contribution in [0.5, 0.6) is 0 Å². The Hall–Kier alpha value is -0.610. The summed E-state index contributed by atoms with van der Waals surface area (Å²) in [6.45, 7) is 14.2. The van der Waals surface area contributed by atoms with Crippen LogP contribution in [0.15, 0.2) is 0 Å². The highest BCUT2D eigenvalue weighted by molar-refractivity contribution is 5.71. The van der Waals surface area contributed by atoms with Crippen LogP contribution in [0, 0.1) is 0 Å². The van der Waals surface area contributed by atoms with E-state index in [9.17, 15) is 4.79 Å². The number of hydrogen-bond donors (Lipinski definition) is 0. The van der Waals surface area contributed by atoms with Crippen LogP contribution in [0.1, 0.15) is 34.1 Å². The van der Waals surface area contributed by atoms with Crippen LogP contribution in [-0.4, -0.2) is 61.6 Å². The predicted octanol–water partition coefficient (Wildman–Crippen LogP) is 1.60. The second kappa shape index (κ2) is 10.5. The first kappa shape index (κ1) is 16.4. The van der Waals surface area contributed by atoms with Crippen molar-refractivity contribution in [3.63, 3.8) is 0 Å². The molecule has 0 saturated carbocycles. The number of likely N-dealkylation sites (N-methyl/N-ethyl adjacent to an activating group) is 1. The molecular weight excluding hydrogens is 216 g/mol. The summed E-state index contributed by atoms with van der Waals surface area (Å²) in [5.74, 6) is -0.111. The van der Waals surface area contributed by atoms with Crippen LogP contribution in [0.25, 0.3) is 0 Å². The van der Waals surface area contributed by atoms with Crippen molar-refractivity contribution >= 4 is 5.97 Å². The van der Waals surface area contributed by atoms with Crippen molar-refractivity contribution in [1.82, 2.24) is 9.80 Å². The second-order valence-corrected chi connectivity index (χ2v) is 4.11. The highest BCUT2D eigenvalue weighted by Gasteiger charge is 2.11. The summed E-state index contributed by atoms with van der Waals surface area (Å²) in [7, 11) is 0. The summed E-state index contributed by atoms with van der Waals surface area (Å²) in [5, 5.41) is 0. The maximum atomic E-state index is 11.4. The Labute approximate surface area is 106 Å². The van der Waals surface area contributed by atoms with Gasteiger partial charge in [-0.15, -0.1) is 0 Å². The molecule has 0 aliphatic carbocycles. The first-order chi connectivity index (χ1) is 8.17. The lowest BCUT2D eigenvalue weighted by Crippen LogP contribution is -2.38. The molecule has 0 heterocycles. The van der Waals surface area contributed by atoms with Gasteiger partial charge in [-0.3, -0.25) is 9.69 Å². The predicted molar refractivity (Wildman–Crippen MR) is 71.2 cm³/mol. The van der Waals surface area contributed by atoms with Gasteiger partial charge in [0.25, 0.3) is 0 Å². The number of ether oxygens (including phenoxy) is 1. The third kappa shape index (κ3) is 8.16. The van der Waals surface area contributed by atoms with E-state index in [4.69, 9.17) is 4.74 Å². The van der Waals surface area contributed by atoms with Gasteiger partial charge in [-0.25, -0.2) is 0 Å². The van der Waals surface area contributed by atoms with Crippen molar-refractivity contribution < 1.29 is 9.53 Å². The highest BCUT2D eigenvalue weighted by Crippen LogP contribution is 1.95. The van der Waals surface area contributed by atoms with E-state index in [-0.39, 0.29) is 5.97 Å². The van der Waals surface area contributed by atoms with Gasteiger partial charge in [0, 0.05) is 13.1 Å². The van der Waals surface area contributed by atoms with E-state index in [1.807, 2.05) is 6.92 Å². The summed E-state index contributed by atoms with van der Waals surface area (Å²) in [6, 6.07) is 0. The van der Waals surface area contributed by atoms with E-state index in [0.717, 1.165) is 39.1 Å². The molecule has 4 heteroatoms. The Kier molecular flexibility index (Phi) is 10.2. The van der Waals surface area contributed by atoms with E-state index in [1.165, 1.54) is 0 Å². The Balaban J connectivity index is 4.00. The van der Waals surface area contributed by atoms with E-state index >= 15 is 0 Å². The Morgan fingerprint density at radius 3 is 2.00 bits per heavy atom.